The summed E-state index contributed by atoms with van der Waals surface area (Å²) in [4.78, 5) is 27.8. The fourth-order valence-electron chi connectivity index (χ4n) is 2.75. The first kappa shape index (κ1) is 17.1. The second-order valence-electron chi connectivity index (χ2n) is 5.88. The third-order valence-corrected chi connectivity index (χ3v) is 3.89. The van der Waals surface area contributed by atoms with Crippen LogP contribution in [-0.4, -0.2) is 42.9 Å². The molecule has 1 fully saturated rings. The minimum Gasteiger partial charge on any atom is -0.374 e. The van der Waals surface area contributed by atoms with E-state index in [-0.39, 0.29) is 18.4 Å². The van der Waals surface area contributed by atoms with Crippen LogP contribution in [0.1, 0.15) is 26.7 Å². The van der Waals surface area contributed by atoms with Crippen molar-refractivity contribution in [2.24, 2.45) is 0 Å². The molecular formula is C18H25N3O2. The van der Waals surface area contributed by atoms with E-state index in [1.54, 1.807) is 9.80 Å². The molecule has 1 saturated heterocycles. The van der Waals surface area contributed by atoms with E-state index in [2.05, 4.69) is 11.9 Å². The molecule has 0 spiro atoms. The maximum Gasteiger partial charge on any atom is 0.242 e. The number of nitrogens with one attached hydrogen (secondary N) is 1. The molecule has 5 heteroatoms. The standard InChI is InChI=1S/C18H25N3O2/c1-4-20(13-14(2)3)18(23)12-19-15-8-5-6-9-16(15)21-11-7-10-17(21)22/h5-6,8-9,19H,2,4,7,10-13H2,1,3H3. The number of anilines is 2. The number of likely N-dealkylation sites (N-methyl/N-ethyl adjacent to an activating group) is 1. The van der Waals surface area contributed by atoms with Gasteiger partial charge in [0, 0.05) is 26.1 Å². The second kappa shape index (κ2) is 7.81. The molecule has 0 radical (unpaired) electrons. The molecule has 1 aromatic rings. The molecule has 0 saturated carbocycles. The van der Waals surface area contributed by atoms with Crippen LogP contribution in [0.3, 0.4) is 0 Å². The molecule has 0 aromatic heterocycles. The molecule has 2 amide bonds. The highest BCUT2D eigenvalue weighted by atomic mass is 16.2. The van der Waals surface area contributed by atoms with E-state index in [9.17, 15) is 9.59 Å². The van der Waals surface area contributed by atoms with Crippen molar-refractivity contribution in [3.63, 3.8) is 0 Å². The summed E-state index contributed by atoms with van der Waals surface area (Å²) in [6, 6.07) is 7.64. The number of para-hydroxylation sites is 2. The first-order chi connectivity index (χ1) is 11.0. The average Bonchev–Trinajstić information content (AvgIpc) is 2.96. The van der Waals surface area contributed by atoms with Crippen LogP contribution in [-0.2, 0) is 9.59 Å². The quantitative estimate of drug-likeness (QED) is 0.787. The van der Waals surface area contributed by atoms with Crippen LogP contribution in [0.2, 0.25) is 0 Å². The lowest BCUT2D eigenvalue weighted by Gasteiger charge is -2.23. The number of rotatable bonds is 7. The third kappa shape index (κ3) is 4.34. The van der Waals surface area contributed by atoms with Gasteiger partial charge in [0.1, 0.15) is 0 Å². The Morgan fingerprint density at radius 3 is 2.74 bits per heavy atom. The van der Waals surface area contributed by atoms with E-state index < -0.39 is 0 Å². The number of benzene rings is 1. The zero-order chi connectivity index (χ0) is 16.8. The van der Waals surface area contributed by atoms with Gasteiger partial charge in [0.2, 0.25) is 11.8 Å². The van der Waals surface area contributed by atoms with Gasteiger partial charge in [-0.15, -0.1) is 0 Å². The molecule has 1 heterocycles. The van der Waals surface area contributed by atoms with E-state index in [4.69, 9.17) is 0 Å². The van der Waals surface area contributed by atoms with Crippen molar-refractivity contribution in [3.8, 4) is 0 Å². The highest BCUT2D eigenvalue weighted by Gasteiger charge is 2.23. The SMILES string of the molecule is C=C(C)CN(CC)C(=O)CNc1ccccc1N1CCCC1=O. The minimum atomic E-state index is 0.0260. The van der Waals surface area contributed by atoms with Crippen LogP contribution in [0.4, 0.5) is 11.4 Å². The fourth-order valence-corrected chi connectivity index (χ4v) is 2.75. The number of nitrogens with zero attached hydrogens (tertiary/aromatic N) is 2. The Bertz CT molecular complexity index is 598. The van der Waals surface area contributed by atoms with E-state index in [0.717, 1.165) is 29.9 Å². The molecule has 5 nitrogen and oxygen atoms in total. The van der Waals surface area contributed by atoms with Crippen LogP contribution >= 0.6 is 0 Å². The number of amides is 2. The fraction of sp³-hybridized carbons (Fsp3) is 0.444. The summed E-state index contributed by atoms with van der Waals surface area (Å²) < 4.78 is 0. The van der Waals surface area contributed by atoms with Gasteiger partial charge in [0.15, 0.2) is 0 Å². The summed E-state index contributed by atoms with van der Waals surface area (Å²) >= 11 is 0. The maximum atomic E-state index is 12.3. The number of carbonyl (C=O) groups excluding carboxylic acids is 2. The van der Waals surface area contributed by atoms with Crippen molar-refractivity contribution in [3.05, 3.63) is 36.4 Å². The van der Waals surface area contributed by atoms with Gasteiger partial charge in [-0.2, -0.15) is 0 Å². The Morgan fingerprint density at radius 1 is 1.39 bits per heavy atom. The number of carbonyl (C=O) groups is 2. The predicted molar refractivity (Wildman–Crippen MR) is 93.6 cm³/mol. The summed E-state index contributed by atoms with van der Waals surface area (Å²) in [6.07, 6.45) is 1.48. The van der Waals surface area contributed by atoms with Crippen molar-refractivity contribution >= 4 is 23.2 Å². The van der Waals surface area contributed by atoms with Gasteiger partial charge in [-0.25, -0.2) is 0 Å². The molecule has 1 aliphatic rings. The third-order valence-electron chi connectivity index (χ3n) is 3.89. The van der Waals surface area contributed by atoms with Crippen molar-refractivity contribution < 1.29 is 9.59 Å². The zero-order valence-electron chi connectivity index (χ0n) is 14.0. The zero-order valence-corrected chi connectivity index (χ0v) is 14.0. The molecule has 124 valence electrons. The Kier molecular flexibility index (Phi) is 5.79. The Balaban J connectivity index is 2.04. The van der Waals surface area contributed by atoms with Crippen LogP contribution < -0.4 is 10.2 Å². The van der Waals surface area contributed by atoms with Gasteiger partial charge < -0.3 is 15.1 Å². The van der Waals surface area contributed by atoms with Gasteiger partial charge in [0.25, 0.3) is 0 Å². The first-order valence-electron chi connectivity index (χ1n) is 8.08. The van der Waals surface area contributed by atoms with E-state index in [0.29, 0.717) is 19.5 Å². The van der Waals surface area contributed by atoms with Gasteiger partial charge in [-0.3, -0.25) is 9.59 Å². The first-order valence-corrected chi connectivity index (χ1v) is 8.08. The van der Waals surface area contributed by atoms with E-state index in [1.165, 1.54) is 0 Å². The molecule has 0 unspecified atom stereocenters. The minimum absolute atomic E-state index is 0.0260. The van der Waals surface area contributed by atoms with Crippen molar-refractivity contribution in [1.29, 1.82) is 0 Å². The number of hydrogen-bond donors (Lipinski definition) is 1. The lowest BCUT2D eigenvalue weighted by molar-refractivity contribution is -0.128. The maximum absolute atomic E-state index is 12.3. The molecule has 1 aliphatic heterocycles. The van der Waals surface area contributed by atoms with Crippen molar-refractivity contribution in [2.75, 3.05) is 36.4 Å². The summed E-state index contributed by atoms with van der Waals surface area (Å²) in [5.74, 6) is 0.168. The largest absolute Gasteiger partial charge is 0.374 e. The lowest BCUT2D eigenvalue weighted by Crippen LogP contribution is -2.36. The van der Waals surface area contributed by atoms with Crippen molar-refractivity contribution in [2.45, 2.75) is 26.7 Å². The molecule has 1 N–H and O–H groups in total. The Morgan fingerprint density at radius 2 is 2.13 bits per heavy atom. The lowest BCUT2D eigenvalue weighted by atomic mass is 10.2. The highest BCUT2D eigenvalue weighted by Crippen LogP contribution is 2.29. The molecule has 1 aromatic carbocycles. The van der Waals surface area contributed by atoms with E-state index >= 15 is 0 Å². The van der Waals surface area contributed by atoms with Crippen LogP contribution in [0.5, 0.6) is 0 Å². The van der Waals surface area contributed by atoms with Crippen LogP contribution in [0, 0.1) is 0 Å². The average molecular weight is 315 g/mol. The smallest absolute Gasteiger partial charge is 0.242 e. The summed E-state index contributed by atoms with van der Waals surface area (Å²) in [6.45, 7) is 9.90. The van der Waals surface area contributed by atoms with Crippen LogP contribution in [0.25, 0.3) is 0 Å². The van der Waals surface area contributed by atoms with Gasteiger partial charge >= 0.3 is 0 Å². The highest BCUT2D eigenvalue weighted by molar-refractivity contribution is 5.98. The second-order valence-corrected chi connectivity index (χ2v) is 5.88. The molecular weight excluding hydrogens is 290 g/mol. The monoisotopic (exact) mass is 315 g/mol. The van der Waals surface area contributed by atoms with Gasteiger partial charge in [-0.1, -0.05) is 24.3 Å². The molecule has 0 aliphatic carbocycles. The number of hydrogen-bond acceptors (Lipinski definition) is 3. The van der Waals surface area contributed by atoms with Crippen molar-refractivity contribution in [1.82, 2.24) is 4.90 Å². The Labute approximate surface area is 138 Å². The van der Waals surface area contributed by atoms with Gasteiger partial charge in [0.05, 0.1) is 17.9 Å². The molecule has 2 rings (SSSR count). The summed E-state index contributed by atoms with van der Waals surface area (Å²) in [5.41, 5.74) is 2.64. The predicted octanol–water partition coefficient (Wildman–Crippen LogP) is 2.65. The molecule has 0 bridgehead atoms. The van der Waals surface area contributed by atoms with Crippen LogP contribution in [0.15, 0.2) is 36.4 Å². The summed E-state index contributed by atoms with van der Waals surface area (Å²) in [5, 5.41) is 3.18. The molecule has 23 heavy (non-hydrogen) atoms. The Hall–Kier alpha value is -2.30. The van der Waals surface area contributed by atoms with Gasteiger partial charge in [-0.05, 0) is 32.4 Å². The van der Waals surface area contributed by atoms with E-state index in [1.807, 2.05) is 38.1 Å². The summed E-state index contributed by atoms with van der Waals surface area (Å²) in [7, 11) is 0. The topological polar surface area (TPSA) is 52.7 Å². The molecule has 0 atom stereocenters. The normalized spacial score (nSPS) is 14.0.